The lowest BCUT2D eigenvalue weighted by Gasteiger charge is -2.10. The molecule has 2 aromatic rings. The molecule has 0 aliphatic carbocycles. The first kappa shape index (κ1) is 14.4. The third kappa shape index (κ3) is 4.23. The minimum atomic E-state index is 0.437. The first-order chi connectivity index (χ1) is 9.04. The zero-order chi connectivity index (χ0) is 13.8. The summed E-state index contributed by atoms with van der Waals surface area (Å²) >= 11 is 7.67. The maximum Gasteiger partial charge on any atom is 0.281 e. The molecule has 0 saturated heterocycles. The van der Waals surface area contributed by atoms with Gasteiger partial charge in [0.05, 0.1) is 0 Å². The maximum absolute atomic E-state index is 6.26. The molecule has 4 nitrogen and oxygen atoms in total. The fourth-order valence-electron chi connectivity index (χ4n) is 1.47. The maximum atomic E-state index is 6.26. The summed E-state index contributed by atoms with van der Waals surface area (Å²) in [4.78, 5) is 0.988. The van der Waals surface area contributed by atoms with Gasteiger partial charge in [-0.25, -0.2) is 0 Å². The lowest BCUT2D eigenvalue weighted by atomic mass is 10.2. The van der Waals surface area contributed by atoms with Gasteiger partial charge in [-0.3, -0.25) is 0 Å². The van der Waals surface area contributed by atoms with Crippen molar-refractivity contribution < 1.29 is 4.42 Å². The van der Waals surface area contributed by atoms with E-state index < -0.39 is 0 Å². The molecule has 1 aromatic heterocycles. The van der Waals surface area contributed by atoms with Gasteiger partial charge in [0, 0.05) is 29.4 Å². The van der Waals surface area contributed by atoms with Crippen LogP contribution < -0.4 is 5.32 Å². The molecule has 1 aromatic carbocycles. The molecule has 0 fully saturated rings. The zero-order valence-corrected chi connectivity index (χ0v) is 12.7. The molecular formula is C13H16ClN3OS. The van der Waals surface area contributed by atoms with E-state index in [-0.39, 0.29) is 0 Å². The number of aromatic nitrogens is 2. The van der Waals surface area contributed by atoms with Crippen LogP contribution in [0, 0.1) is 6.92 Å². The number of nitrogens with one attached hydrogen (secondary N) is 1. The second-order valence-electron chi connectivity index (χ2n) is 4.48. The van der Waals surface area contributed by atoms with Crippen molar-refractivity contribution in [2.75, 3.05) is 0 Å². The van der Waals surface area contributed by atoms with Crippen molar-refractivity contribution >= 4 is 23.4 Å². The molecule has 102 valence electrons. The summed E-state index contributed by atoms with van der Waals surface area (Å²) in [7, 11) is 0. The van der Waals surface area contributed by atoms with Gasteiger partial charge in [0.25, 0.3) is 5.22 Å². The predicted molar refractivity (Wildman–Crippen MR) is 76.6 cm³/mol. The second kappa shape index (κ2) is 6.41. The number of benzene rings is 1. The molecule has 0 atom stereocenters. The summed E-state index contributed by atoms with van der Waals surface area (Å²) in [5, 5.41) is 12.4. The highest BCUT2D eigenvalue weighted by atomic mass is 35.5. The first-order valence-electron chi connectivity index (χ1n) is 6.04. The average Bonchev–Trinajstić information content (AvgIpc) is 2.73. The van der Waals surface area contributed by atoms with Gasteiger partial charge in [-0.2, -0.15) is 0 Å². The lowest BCUT2D eigenvalue weighted by molar-refractivity contribution is 0.429. The van der Waals surface area contributed by atoms with Gasteiger partial charge in [0.2, 0.25) is 5.89 Å². The van der Waals surface area contributed by atoms with Gasteiger partial charge < -0.3 is 9.73 Å². The number of rotatable bonds is 5. The molecule has 0 saturated carbocycles. The monoisotopic (exact) mass is 297 g/mol. The fourth-order valence-corrected chi connectivity index (χ4v) is 2.54. The molecule has 19 heavy (non-hydrogen) atoms. The van der Waals surface area contributed by atoms with Crippen molar-refractivity contribution in [1.29, 1.82) is 0 Å². The van der Waals surface area contributed by atoms with Crippen LogP contribution in [-0.2, 0) is 6.54 Å². The van der Waals surface area contributed by atoms with Crippen LogP contribution in [0.5, 0.6) is 0 Å². The molecule has 1 N–H and O–H groups in total. The van der Waals surface area contributed by atoms with Crippen LogP contribution in [0.2, 0.25) is 5.02 Å². The molecule has 0 unspecified atom stereocenters. The van der Waals surface area contributed by atoms with Gasteiger partial charge in [0.1, 0.15) is 0 Å². The fraction of sp³-hybridized carbons (Fsp3) is 0.385. The smallest absolute Gasteiger partial charge is 0.281 e. The van der Waals surface area contributed by atoms with Crippen LogP contribution in [0.15, 0.2) is 32.7 Å². The van der Waals surface area contributed by atoms with E-state index in [1.165, 1.54) is 11.8 Å². The molecule has 0 spiro atoms. The van der Waals surface area contributed by atoms with Crippen LogP contribution in [0.4, 0.5) is 0 Å². The van der Waals surface area contributed by atoms with Crippen LogP contribution >= 0.6 is 23.4 Å². The van der Waals surface area contributed by atoms with Crippen LogP contribution in [0.3, 0.4) is 0 Å². The van der Waals surface area contributed by atoms with Crippen LogP contribution in [0.1, 0.15) is 25.3 Å². The summed E-state index contributed by atoms with van der Waals surface area (Å²) in [6.07, 6.45) is 0. The van der Waals surface area contributed by atoms with Crippen LogP contribution in [0.25, 0.3) is 0 Å². The molecule has 0 aliphatic heterocycles. The zero-order valence-electron chi connectivity index (χ0n) is 11.1. The number of halogens is 1. The van der Waals surface area contributed by atoms with Crippen molar-refractivity contribution in [3.05, 3.63) is 34.7 Å². The minimum Gasteiger partial charge on any atom is -0.416 e. The molecule has 1 heterocycles. The van der Waals surface area contributed by atoms with Gasteiger partial charge in [-0.05, 0) is 29.5 Å². The Kier molecular flexibility index (Phi) is 4.85. The Balaban J connectivity index is 2.06. The Morgan fingerprint density at radius 1 is 1.37 bits per heavy atom. The Labute approximate surface area is 121 Å². The summed E-state index contributed by atoms with van der Waals surface area (Å²) in [5.74, 6) is 0.561. The highest BCUT2D eigenvalue weighted by Gasteiger charge is 2.08. The average molecular weight is 298 g/mol. The third-order valence-electron chi connectivity index (χ3n) is 2.44. The highest BCUT2D eigenvalue weighted by Crippen LogP contribution is 2.30. The topological polar surface area (TPSA) is 51.0 Å². The summed E-state index contributed by atoms with van der Waals surface area (Å²) < 4.78 is 5.32. The number of hydrogen-bond acceptors (Lipinski definition) is 5. The van der Waals surface area contributed by atoms with Crippen molar-refractivity contribution in [2.24, 2.45) is 0 Å². The molecule has 6 heteroatoms. The van der Waals surface area contributed by atoms with E-state index in [2.05, 4.69) is 29.4 Å². The van der Waals surface area contributed by atoms with Gasteiger partial charge >= 0.3 is 0 Å². The Morgan fingerprint density at radius 2 is 2.16 bits per heavy atom. The summed E-state index contributed by atoms with van der Waals surface area (Å²) in [6.45, 7) is 6.75. The van der Waals surface area contributed by atoms with Crippen molar-refractivity contribution in [2.45, 2.75) is 43.5 Å². The SMILES string of the molecule is Cc1nnc(Sc2ccc(CNC(C)C)c(Cl)c2)o1. The van der Waals surface area contributed by atoms with Crippen molar-refractivity contribution in [3.8, 4) is 0 Å². The number of nitrogens with zero attached hydrogens (tertiary/aromatic N) is 2. The van der Waals surface area contributed by atoms with Gasteiger partial charge in [-0.15, -0.1) is 10.2 Å². The van der Waals surface area contributed by atoms with Crippen molar-refractivity contribution in [1.82, 2.24) is 15.5 Å². The van der Waals surface area contributed by atoms with E-state index in [9.17, 15) is 0 Å². The standard InChI is InChI=1S/C13H16ClN3OS/c1-8(2)15-7-10-4-5-11(6-12(10)14)19-13-17-16-9(3)18-13/h4-6,8,15H,7H2,1-3H3. The quantitative estimate of drug-likeness (QED) is 0.912. The van der Waals surface area contributed by atoms with E-state index in [4.69, 9.17) is 16.0 Å². The number of aryl methyl sites for hydroxylation is 1. The van der Waals surface area contributed by atoms with E-state index >= 15 is 0 Å². The highest BCUT2D eigenvalue weighted by molar-refractivity contribution is 7.99. The molecule has 0 amide bonds. The molecule has 0 radical (unpaired) electrons. The largest absolute Gasteiger partial charge is 0.416 e. The van der Waals surface area contributed by atoms with E-state index in [1.807, 2.05) is 18.2 Å². The predicted octanol–water partition coefficient (Wildman–Crippen LogP) is 3.68. The van der Waals surface area contributed by atoms with E-state index in [1.54, 1.807) is 6.92 Å². The summed E-state index contributed by atoms with van der Waals surface area (Å²) in [6, 6.07) is 6.38. The van der Waals surface area contributed by atoms with Gasteiger partial charge in [-0.1, -0.05) is 31.5 Å². The molecule has 2 rings (SSSR count). The molecule has 0 bridgehead atoms. The number of hydrogen-bond donors (Lipinski definition) is 1. The minimum absolute atomic E-state index is 0.437. The Hall–Kier alpha value is -1.04. The lowest BCUT2D eigenvalue weighted by Crippen LogP contribution is -2.21. The first-order valence-corrected chi connectivity index (χ1v) is 7.24. The van der Waals surface area contributed by atoms with E-state index in [0.717, 1.165) is 22.0 Å². The van der Waals surface area contributed by atoms with Gasteiger partial charge in [0.15, 0.2) is 0 Å². The van der Waals surface area contributed by atoms with Crippen LogP contribution in [-0.4, -0.2) is 16.2 Å². The Bertz CT molecular complexity index is 557. The normalized spacial score (nSPS) is 11.2. The third-order valence-corrected chi connectivity index (χ3v) is 3.62. The molecule has 0 aliphatic rings. The summed E-state index contributed by atoms with van der Waals surface area (Å²) in [5.41, 5.74) is 1.08. The molecular weight excluding hydrogens is 282 g/mol. The Morgan fingerprint density at radius 3 is 2.74 bits per heavy atom. The van der Waals surface area contributed by atoms with Crippen molar-refractivity contribution in [3.63, 3.8) is 0 Å². The van der Waals surface area contributed by atoms with E-state index in [0.29, 0.717) is 17.2 Å². The second-order valence-corrected chi connectivity index (χ2v) is 5.91.